The minimum Gasteiger partial charge on any atom is -0.471 e. The molecule has 5 heterocycles. The molecule has 3 N–H and O–H groups in total. The highest BCUT2D eigenvalue weighted by Gasteiger charge is 2.48. The zero-order valence-corrected chi connectivity index (χ0v) is 27.0. The van der Waals surface area contributed by atoms with Crippen LogP contribution in [0, 0.1) is 11.3 Å². The zero-order valence-electron chi connectivity index (χ0n) is 27.0. The molecule has 14 heteroatoms. The molecule has 48 heavy (non-hydrogen) atoms. The molecule has 4 aliphatic rings. The van der Waals surface area contributed by atoms with Crippen molar-refractivity contribution in [1.29, 1.82) is 5.26 Å². The highest BCUT2D eigenvalue weighted by atomic mass is 19.3. The quantitative estimate of drug-likeness (QED) is 0.284. The van der Waals surface area contributed by atoms with Crippen LogP contribution < -0.4 is 15.8 Å². The van der Waals surface area contributed by atoms with Gasteiger partial charge in [-0.05, 0) is 76.1 Å². The summed E-state index contributed by atoms with van der Waals surface area (Å²) < 4.78 is 57.8. The second-order valence-corrected chi connectivity index (χ2v) is 14.0. The predicted octanol–water partition coefficient (Wildman–Crippen LogP) is 4.87. The average molecular weight is 662 g/mol. The van der Waals surface area contributed by atoms with Crippen LogP contribution in [0.1, 0.15) is 79.5 Å². The number of alkyl halides is 3. The molecule has 0 radical (unpaired) electrons. The number of imidazole rings is 1. The van der Waals surface area contributed by atoms with E-state index in [1.165, 1.54) is 6.33 Å². The number of piperidine rings is 1. The van der Waals surface area contributed by atoms with Crippen molar-refractivity contribution in [2.45, 2.75) is 94.0 Å². The van der Waals surface area contributed by atoms with Gasteiger partial charge in [0, 0.05) is 36.8 Å². The summed E-state index contributed by atoms with van der Waals surface area (Å²) in [6.07, 6.45) is 4.88. The summed E-state index contributed by atoms with van der Waals surface area (Å²) in [7, 11) is 1.86. The van der Waals surface area contributed by atoms with Gasteiger partial charge < -0.3 is 24.9 Å². The summed E-state index contributed by atoms with van der Waals surface area (Å²) in [5.41, 5.74) is 10.7. The van der Waals surface area contributed by atoms with Gasteiger partial charge in [0.1, 0.15) is 18.3 Å². The first-order valence-corrected chi connectivity index (χ1v) is 16.7. The largest absolute Gasteiger partial charge is 0.471 e. The lowest BCUT2D eigenvalue weighted by molar-refractivity contribution is -0.0360. The Labute approximate surface area is 275 Å². The summed E-state index contributed by atoms with van der Waals surface area (Å²) in [5, 5.41) is 17.6. The van der Waals surface area contributed by atoms with Crippen molar-refractivity contribution in [3.05, 3.63) is 46.5 Å². The Bertz CT molecular complexity index is 1930. The molecule has 1 aromatic carbocycles. The van der Waals surface area contributed by atoms with Gasteiger partial charge in [0.05, 0.1) is 29.9 Å². The van der Waals surface area contributed by atoms with E-state index in [4.69, 9.17) is 25.0 Å². The Hall–Kier alpha value is -4.22. The highest BCUT2D eigenvalue weighted by molar-refractivity contribution is 5.79. The van der Waals surface area contributed by atoms with E-state index in [2.05, 4.69) is 21.5 Å². The van der Waals surface area contributed by atoms with Crippen molar-refractivity contribution in [2.75, 3.05) is 32.4 Å². The molecule has 8 rings (SSSR count). The number of nitrogens with two attached hydrogens (primary N) is 1. The van der Waals surface area contributed by atoms with Gasteiger partial charge >= 0.3 is 0 Å². The molecule has 252 valence electrons. The number of nitriles is 1. The van der Waals surface area contributed by atoms with Gasteiger partial charge in [0.2, 0.25) is 5.88 Å². The summed E-state index contributed by atoms with van der Waals surface area (Å²) in [5.74, 6) is -1.79. The van der Waals surface area contributed by atoms with Crippen LogP contribution in [0.3, 0.4) is 0 Å². The number of rotatable bonds is 5. The van der Waals surface area contributed by atoms with E-state index in [1.807, 2.05) is 24.9 Å². The van der Waals surface area contributed by atoms with Gasteiger partial charge in [-0.2, -0.15) is 10.2 Å². The number of aromatic nitrogens is 5. The summed E-state index contributed by atoms with van der Waals surface area (Å²) in [6.45, 7) is 2.12. The Morgan fingerprint density at radius 2 is 2.02 bits per heavy atom. The van der Waals surface area contributed by atoms with E-state index in [0.29, 0.717) is 59.8 Å². The normalized spacial score (nSPS) is 27.5. The standard InChI is InChI=1S/C34H38F3N9O2/c1-18(25-11-20(35)15-45(25)2)47-32-28-31(46(17-41-28)21-12-34(36,37)16-40-14-21)42-30(43-32)27-22-6-4-10-33(29(22)48-44-27)9-3-5-19-7-8-24(39)23(13-38)26(19)33/h7-8,17-18,20-21,25,40H,3-6,9-12,14-16,39H2,1-2H3. The van der Waals surface area contributed by atoms with Gasteiger partial charge in [-0.15, -0.1) is 0 Å². The molecule has 0 bridgehead atoms. The number of ether oxygens (including phenoxy) is 1. The lowest BCUT2D eigenvalue weighted by Gasteiger charge is -2.41. The molecule has 2 aliphatic carbocycles. The molecule has 2 aliphatic heterocycles. The van der Waals surface area contributed by atoms with Gasteiger partial charge in [-0.3, -0.25) is 4.90 Å². The molecule has 11 nitrogen and oxygen atoms in total. The maximum absolute atomic E-state index is 14.5. The third kappa shape index (κ3) is 4.92. The van der Waals surface area contributed by atoms with E-state index in [1.54, 1.807) is 10.6 Å². The third-order valence-electron chi connectivity index (χ3n) is 10.9. The number of aryl methyl sites for hydroxylation is 1. The van der Waals surface area contributed by atoms with E-state index in [-0.39, 0.29) is 30.7 Å². The van der Waals surface area contributed by atoms with Gasteiger partial charge in [-0.25, -0.2) is 23.1 Å². The molecule has 2 fully saturated rings. The number of benzene rings is 1. The van der Waals surface area contributed by atoms with Gasteiger partial charge in [-0.1, -0.05) is 11.2 Å². The Balaban J connectivity index is 1.26. The molecular formula is C34H38F3N9O2. The molecular weight excluding hydrogens is 623 g/mol. The molecule has 2 saturated heterocycles. The Kier molecular flexibility index (Phi) is 7.41. The second kappa shape index (κ2) is 11.4. The maximum Gasteiger partial charge on any atom is 0.262 e. The van der Waals surface area contributed by atoms with Crippen LogP contribution in [-0.2, 0) is 18.3 Å². The first kappa shape index (κ1) is 31.1. The Morgan fingerprint density at radius 1 is 1.21 bits per heavy atom. The van der Waals surface area contributed by atoms with E-state index in [9.17, 15) is 18.4 Å². The number of nitrogens with one attached hydrogen (secondary N) is 1. The number of fused-ring (bicyclic) bond motifs is 5. The molecule has 3 aromatic heterocycles. The van der Waals surface area contributed by atoms with E-state index in [0.717, 1.165) is 48.8 Å². The van der Waals surface area contributed by atoms with Crippen LogP contribution in [0.15, 0.2) is 23.0 Å². The summed E-state index contributed by atoms with van der Waals surface area (Å²) in [4.78, 5) is 16.2. The first-order chi connectivity index (χ1) is 23.1. The summed E-state index contributed by atoms with van der Waals surface area (Å²) >= 11 is 0. The minimum absolute atomic E-state index is 0.178. The minimum atomic E-state index is -2.89. The van der Waals surface area contributed by atoms with Crippen LogP contribution >= 0.6 is 0 Å². The van der Waals surface area contributed by atoms with Crippen molar-refractivity contribution in [3.8, 4) is 23.5 Å². The zero-order chi connectivity index (χ0) is 33.4. The van der Waals surface area contributed by atoms with Crippen molar-refractivity contribution >= 4 is 16.9 Å². The lowest BCUT2D eigenvalue weighted by atomic mass is 9.61. The Morgan fingerprint density at radius 3 is 2.77 bits per heavy atom. The van der Waals surface area contributed by atoms with Crippen LogP contribution in [0.4, 0.5) is 18.9 Å². The van der Waals surface area contributed by atoms with Crippen LogP contribution in [0.2, 0.25) is 0 Å². The van der Waals surface area contributed by atoms with Gasteiger partial charge in [0.25, 0.3) is 5.92 Å². The highest BCUT2D eigenvalue weighted by Crippen LogP contribution is 2.53. The molecule has 5 unspecified atom stereocenters. The number of hydrogen-bond donors (Lipinski definition) is 2. The molecule has 4 aromatic rings. The molecule has 1 spiro atoms. The molecule has 0 amide bonds. The number of hydrogen-bond acceptors (Lipinski definition) is 10. The smallest absolute Gasteiger partial charge is 0.262 e. The number of likely N-dealkylation sites (tertiary alicyclic amines) is 1. The van der Waals surface area contributed by atoms with Crippen molar-refractivity contribution in [3.63, 3.8) is 0 Å². The number of nitrogen functional groups attached to an aromatic ring is 1. The monoisotopic (exact) mass is 661 g/mol. The summed E-state index contributed by atoms with van der Waals surface area (Å²) in [6, 6.07) is 5.37. The fraction of sp³-hybridized carbons (Fsp3) is 0.559. The number of anilines is 1. The number of halogens is 3. The topological polar surface area (TPSA) is 144 Å². The molecule has 0 saturated carbocycles. The SMILES string of the molecule is CC(Oc1nc(-c2noc3c2CCCC32CCCc3ccc(N)c(C#N)c32)nc2c1ncn2C1CNCC(F)(F)C1)C1CC(F)CN1C. The fourth-order valence-electron chi connectivity index (χ4n) is 8.72. The maximum atomic E-state index is 14.5. The molecule has 5 atom stereocenters. The average Bonchev–Trinajstić information content (AvgIpc) is 3.78. The fourth-order valence-corrected chi connectivity index (χ4v) is 8.72. The van der Waals surface area contributed by atoms with Gasteiger partial charge in [0.15, 0.2) is 28.4 Å². The van der Waals surface area contributed by atoms with Crippen molar-refractivity contribution in [2.24, 2.45) is 0 Å². The van der Waals surface area contributed by atoms with E-state index < -0.39 is 29.7 Å². The number of likely N-dealkylation sites (N-methyl/N-ethyl adjacent to an activating group) is 1. The predicted molar refractivity (Wildman–Crippen MR) is 171 cm³/mol. The van der Waals surface area contributed by atoms with E-state index >= 15 is 0 Å². The third-order valence-corrected chi connectivity index (χ3v) is 10.9. The van der Waals surface area contributed by atoms with Crippen molar-refractivity contribution in [1.82, 2.24) is 34.9 Å². The number of nitrogens with zero attached hydrogens (tertiary/aromatic N) is 7. The lowest BCUT2D eigenvalue weighted by Crippen LogP contribution is -2.44. The van der Waals surface area contributed by atoms with Crippen LogP contribution in [-0.4, -0.2) is 80.5 Å². The first-order valence-electron chi connectivity index (χ1n) is 16.7. The van der Waals surface area contributed by atoms with Crippen LogP contribution in [0.25, 0.3) is 22.7 Å². The second-order valence-electron chi connectivity index (χ2n) is 14.0. The van der Waals surface area contributed by atoms with Crippen LogP contribution in [0.5, 0.6) is 5.88 Å². The van der Waals surface area contributed by atoms with Crippen molar-refractivity contribution < 1.29 is 22.4 Å².